The van der Waals surface area contributed by atoms with E-state index in [1.165, 1.54) is 4.57 Å². The number of nitrogens with one attached hydrogen (secondary N) is 1. The summed E-state index contributed by atoms with van der Waals surface area (Å²) in [6.07, 6.45) is 5.65. The maximum absolute atomic E-state index is 14.2. The molecule has 2 aliphatic rings. The van der Waals surface area contributed by atoms with Gasteiger partial charge in [0.15, 0.2) is 5.82 Å². The Hall–Kier alpha value is -5.03. The molecule has 2 amide bonds. The number of imidazole rings is 1. The van der Waals surface area contributed by atoms with Crippen LogP contribution in [0.25, 0.3) is 17.1 Å². The van der Waals surface area contributed by atoms with Crippen LogP contribution in [-0.2, 0) is 19.6 Å². The second-order valence-corrected chi connectivity index (χ2v) is 12.8. The van der Waals surface area contributed by atoms with Crippen molar-refractivity contribution in [1.29, 1.82) is 0 Å². The molecular weight excluding hydrogens is 660 g/mol. The lowest BCUT2D eigenvalue weighted by Crippen LogP contribution is -2.47. The Morgan fingerprint density at radius 1 is 1.00 bits per heavy atom. The summed E-state index contributed by atoms with van der Waals surface area (Å²) < 4.78 is 9.91. The number of benzene rings is 3. The van der Waals surface area contributed by atoms with E-state index in [-0.39, 0.29) is 49.1 Å². The van der Waals surface area contributed by atoms with Crippen LogP contribution >= 0.6 is 15.9 Å². The lowest BCUT2D eigenvalue weighted by atomic mass is 10.1. The standard InChI is InChI=1S/C36H33BrN6O4/c1-22-18-24(8-15-30(22)37)35(45)41-21-31-32(34(44)40-19-25-6-3-4-7-29(25)33-38-16-5-17-39-33)43(36(46)42(31)20-23(41)2)26-9-11-27(12-10-26)47-28-13-14-28/h3-12,15-18,23,28H,13-14,19-21H2,1-2H3,(H,40,44). The Balaban J connectivity index is 1.26. The van der Waals surface area contributed by atoms with Gasteiger partial charge in [0.05, 0.1) is 24.0 Å². The molecular formula is C36H33BrN6O4. The van der Waals surface area contributed by atoms with Gasteiger partial charge in [-0.2, -0.15) is 0 Å². The number of carbonyl (C=O) groups excluding carboxylic acids is 2. The first-order valence-electron chi connectivity index (χ1n) is 15.6. The maximum Gasteiger partial charge on any atom is 0.333 e. The van der Waals surface area contributed by atoms with E-state index in [1.54, 1.807) is 46.1 Å². The molecule has 0 bridgehead atoms. The van der Waals surface area contributed by atoms with E-state index in [4.69, 9.17) is 4.74 Å². The molecule has 0 saturated heterocycles. The Morgan fingerprint density at radius 3 is 2.47 bits per heavy atom. The highest BCUT2D eigenvalue weighted by Crippen LogP contribution is 2.29. The van der Waals surface area contributed by atoms with Crippen molar-refractivity contribution < 1.29 is 14.3 Å². The van der Waals surface area contributed by atoms with Gasteiger partial charge in [-0.05, 0) is 86.3 Å². The third kappa shape index (κ3) is 6.10. The maximum atomic E-state index is 14.2. The van der Waals surface area contributed by atoms with Gasteiger partial charge in [0.1, 0.15) is 11.4 Å². The number of rotatable bonds is 8. The molecule has 0 spiro atoms. The number of aromatic nitrogens is 4. The normalized spacial score (nSPS) is 15.6. The van der Waals surface area contributed by atoms with Crippen molar-refractivity contribution in [3.05, 3.63) is 128 Å². The summed E-state index contributed by atoms with van der Waals surface area (Å²) in [6, 6.07) is 21.8. The Labute approximate surface area is 280 Å². The van der Waals surface area contributed by atoms with Crippen molar-refractivity contribution in [3.8, 4) is 22.8 Å². The van der Waals surface area contributed by atoms with E-state index in [2.05, 4.69) is 31.2 Å². The second kappa shape index (κ2) is 12.6. The van der Waals surface area contributed by atoms with Gasteiger partial charge in [-0.1, -0.05) is 40.2 Å². The Kier molecular flexibility index (Phi) is 8.23. The molecule has 1 aliphatic heterocycles. The molecule has 238 valence electrons. The minimum Gasteiger partial charge on any atom is -0.490 e. The van der Waals surface area contributed by atoms with Gasteiger partial charge in [-0.3, -0.25) is 18.7 Å². The number of hydrogen-bond acceptors (Lipinski definition) is 6. The lowest BCUT2D eigenvalue weighted by Gasteiger charge is -2.34. The fraction of sp³-hybridized carbons (Fsp3) is 0.250. The van der Waals surface area contributed by atoms with Crippen LogP contribution in [0.15, 0.2) is 94.5 Å². The predicted octanol–water partition coefficient (Wildman–Crippen LogP) is 5.68. The summed E-state index contributed by atoms with van der Waals surface area (Å²) >= 11 is 3.51. The van der Waals surface area contributed by atoms with Gasteiger partial charge in [0, 0.05) is 47.1 Å². The number of fused-ring (bicyclic) bond motifs is 1. The van der Waals surface area contributed by atoms with Crippen molar-refractivity contribution in [2.45, 2.75) is 58.5 Å². The number of ether oxygens (including phenoxy) is 1. The molecule has 3 heterocycles. The minimum atomic E-state index is -0.431. The molecule has 3 aromatic carbocycles. The summed E-state index contributed by atoms with van der Waals surface area (Å²) in [5, 5.41) is 3.04. The molecule has 5 aromatic rings. The SMILES string of the molecule is Cc1cc(C(=O)N2Cc3c(C(=O)NCc4ccccc4-c4ncccn4)n(-c4ccc(OC5CC5)cc4)c(=O)n3CC2C)ccc1Br. The monoisotopic (exact) mass is 692 g/mol. The molecule has 1 N–H and O–H groups in total. The third-order valence-electron chi connectivity index (χ3n) is 8.61. The van der Waals surface area contributed by atoms with Crippen molar-refractivity contribution in [1.82, 2.24) is 29.3 Å². The Morgan fingerprint density at radius 2 is 1.74 bits per heavy atom. The number of carbonyl (C=O) groups is 2. The van der Waals surface area contributed by atoms with Gasteiger partial charge >= 0.3 is 5.69 Å². The van der Waals surface area contributed by atoms with E-state index in [0.29, 0.717) is 28.5 Å². The lowest BCUT2D eigenvalue weighted by molar-refractivity contribution is 0.0610. The first-order valence-corrected chi connectivity index (χ1v) is 16.4. The largest absolute Gasteiger partial charge is 0.490 e. The molecule has 1 atom stereocenters. The van der Waals surface area contributed by atoms with Crippen molar-refractivity contribution in [2.75, 3.05) is 0 Å². The van der Waals surface area contributed by atoms with E-state index >= 15 is 0 Å². The summed E-state index contributed by atoms with van der Waals surface area (Å²) in [5.41, 5.74) is 3.98. The van der Waals surface area contributed by atoms with Crippen LogP contribution in [0.4, 0.5) is 0 Å². The van der Waals surface area contributed by atoms with Crippen molar-refractivity contribution in [3.63, 3.8) is 0 Å². The third-order valence-corrected chi connectivity index (χ3v) is 9.50. The predicted molar refractivity (Wildman–Crippen MR) is 181 cm³/mol. The average Bonchev–Trinajstić information content (AvgIpc) is 3.87. The van der Waals surface area contributed by atoms with E-state index < -0.39 is 5.91 Å². The molecule has 2 aromatic heterocycles. The van der Waals surface area contributed by atoms with Gasteiger partial charge in [-0.25, -0.2) is 14.8 Å². The number of nitrogens with zero attached hydrogens (tertiary/aromatic N) is 5. The van der Waals surface area contributed by atoms with E-state index in [0.717, 1.165) is 34.0 Å². The van der Waals surface area contributed by atoms with E-state index in [1.807, 2.05) is 62.4 Å². The number of halogens is 1. The second-order valence-electron chi connectivity index (χ2n) is 12.0. The summed E-state index contributed by atoms with van der Waals surface area (Å²) in [7, 11) is 0. The molecule has 11 heteroatoms. The van der Waals surface area contributed by atoms with Crippen molar-refractivity contribution >= 4 is 27.7 Å². The van der Waals surface area contributed by atoms with Crippen LogP contribution in [0, 0.1) is 6.92 Å². The zero-order valence-electron chi connectivity index (χ0n) is 26.0. The number of hydrogen-bond donors (Lipinski definition) is 1. The Bertz CT molecular complexity index is 2040. The number of amides is 2. The molecule has 1 aliphatic carbocycles. The molecule has 7 rings (SSSR count). The highest BCUT2D eigenvalue weighted by atomic mass is 79.9. The van der Waals surface area contributed by atoms with Crippen LogP contribution in [0.1, 0.15) is 57.4 Å². The van der Waals surface area contributed by atoms with Crippen LogP contribution in [0.5, 0.6) is 5.75 Å². The zero-order chi connectivity index (χ0) is 32.7. The smallest absolute Gasteiger partial charge is 0.333 e. The van der Waals surface area contributed by atoms with Gasteiger partial charge < -0.3 is 15.0 Å². The highest BCUT2D eigenvalue weighted by molar-refractivity contribution is 9.10. The average molecular weight is 694 g/mol. The molecule has 1 unspecified atom stereocenters. The topological polar surface area (TPSA) is 111 Å². The summed E-state index contributed by atoms with van der Waals surface area (Å²) in [5.74, 6) is 0.674. The molecule has 10 nitrogen and oxygen atoms in total. The van der Waals surface area contributed by atoms with Gasteiger partial charge in [-0.15, -0.1) is 0 Å². The fourth-order valence-electron chi connectivity index (χ4n) is 5.95. The van der Waals surface area contributed by atoms with Crippen LogP contribution in [-0.4, -0.2) is 48.0 Å². The highest BCUT2D eigenvalue weighted by Gasteiger charge is 2.35. The quantitative estimate of drug-likeness (QED) is 0.224. The van der Waals surface area contributed by atoms with E-state index in [9.17, 15) is 14.4 Å². The van der Waals surface area contributed by atoms with Crippen molar-refractivity contribution in [2.24, 2.45) is 0 Å². The summed E-state index contributed by atoms with van der Waals surface area (Å²) in [6.45, 7) is 4.38. The fourth-order valence-corrected chi connectivity index (χ4v) is 6.19. The van der Waals surface area contributed by atoms with Gasteiger partial charge in [0.2, 0.25) is 0 Å². The first-order chi connectivity index (χ1) is 22.8. The molecule has 1 fully saturated rings. The van der Waals surface area contributed by atoms with Crippen LogP contribution in [0.2, 0.25) is 0 Å². The minimum absolute atomic E-state index is 0.0947. The van der Waals surface area contributed by atoms with Crippen LogP contribution in [0.3, 0.4) is 0 Å². The summed E-state index contributed by atoms with van der Waals surface area (Å²) in [4.78, 5) is 52.6. The zero-order valence-corrected chi connectivity index (χ0v) is 27.6. The molecule has 0 radical (unpaired) electrons. The molecule has 1 saturated carbocycles. The first kappa shape index (κ1) is 30.6. The number of aryl methyl sites for hydroxylation is 1. The van der Waals surface area contributed by atoms with Gasteiger partial charge in [0.25, 0.3) is 11.8 Å². The molecule has 47 heavy (non-hydrogen) atoms. The van der Waals surface area contributed by atoms with Crippen LogP contribution < -0.4 is 15.7 Å².